The molecule has 0 saturated carbocycles. The second kappa shape index (κ2) is 5.86. The van der Waals surface area contributed by atoms with E-state index in [2.05, 4.69) is 14.9 Å². The van der Waals surface area contributed by atoms with E-state index in [1.54, 1.807) is 25.1 Å². The van der Waals surface area contributed by atoms with E-state index >= 15 is 0 Å². The molecule has 0 aliphatic carbocycles. The Balaban J connectivity index is 2.35. The first-order chi connectivity index (χ1) is 9.47. The quantitative estimate of drug-likeness (QED) is 0.731. The lowest BCUT2D eigenvalue weighted by Crippen LogP contribution is -2.15. The van der Waals surface area contributed by atoms with Crippen LogP contribution in [-0.2, 0) is 16.6 Å². The number of H-pyrrole nitrogens is 1. The molecule has 1 aromatic carbocycles. The fraction of sp³-hybridized carbons (Fsp3) is 0.250. The molecular weight excluding hydrogens is 298 g/mol. The van der Waals surface area contributed by atoms with Crippen molar-refractivity contribution in [3.8, 4) is 0 Å². The van der Waals surface area contributed by atoms with E-state index in [-0.39, 0.29) is 17.2 Å². The number of nitrogens with zero attached hydrogens (tertiary/aromatic N) is 1. The predicted molar refractivity (Wildman–Crippen MR) is 78.3 cm³/mol. The van der Waals surface area contributed by atoms with Crippen LogP contribution < -0.4 is 4.72 Å². The third kappa shape index (κ3) is 2.97. The number of aliphatic hydroxyl groups is 1. The zero-order valence-electron chi connectivity index (χ0n) is 11.0. The highest BCUT2D eigenvalue weighted by atomic mass is 32.2. The number of hydrogen-bond acceptors (Lipinski definition) is 5. The van der Waals surface area contributed by atoms with Gasteiger partial charge in [0.15, 0.2) is 0 Å². The van der Waals surface area contributed by atoms with Crippen molar-refractivity contribution in [1.82, 2.24) is 10.2 Å². The van der Waals surface area contributed by atoms with Crippen molar-refractivity contribution in [2.24, 2.45) is 0 Å². The van der Waals surface area contributed by atoms with Crippen LogP contribution in [0.4, 0.5) is 5.69 Å². The minimum atomic E-state index is -3.82. The number of thioether (sulfide) groups is 1. The van der Waals surface area contributed by atoms with Gasteiger partial charge in [0.2, 0.25) is 5.03 Å². The molecule has 1 aromatic heterocycles. The van der Waals surface area contributed by atoms with Gasteiger partial charge in [-0.1, -0.05) is 6.07 Å². The van der Waals surface area contributed by atoms with Gasteiger partial charge in [0.25, 0.3) is 10.0 Å². The van der Waals surface area contributed by atoms with E-state index in [0.29, 0.717) is 11.4 Å². The summed E-state index contributed by atoms with van der Waals surface area (Å²) < 4.78 is 27.0. The molecule has 0 aliphatic rings. The Kier molecular flexibility index (Phi) is 4.36. The Hall–Kier alpha value is -1.51. The highest BCUT2D eigenvalue weighted by Gasteiger charge is 2.23. The molecule has 108 valence electrons. The molecule has 0 fully saturated rings. The average molecular weight is 313 g/mol. The SMILES string of the molecule is CSc1cccc(NS(=O)(=O)c2n[nH]c(C)c2CO)c1. The predicted octanol–water partition coefficient (Wildman–Crippen LogP) is 1.73. The summed E-state index contributed by atoms with van der Waals surface area (Å²) >= 11 is 1.52. The van der Waals surface area contributed by atoms with Gasteiger partial charge in [0, 0.05) is 21.8 Å². The number of anilines is 1. The van der Waals surface area contributed by atoms with Gasteiger partial charge in [-0.25, -0.2) is 0 Å². The van der Waals surface area contributed by atoms with Crippen LogP contribution in [0, 0.1) is 6.92 Å². The summed E-state index contributed by atoms with van der Waals surface area (Å²) in [5.74, 6) is 0. The standard InChI is InChI=1S/C12H15N3O3S2/c1-8-11(7-16)12(14-13-8)20(17,18)15-9-4-3-5-10(6-9)19-2/h3-6,15-16H,7H2,1-2H3,(H,13,14). The van der Waals surface area contributed by atoms with Gasteiger partial charge in [-0.3, -0.25) is 9.82 Å². The third-order valence-corrected chi connectivity index (χ3v) is 4.85. The molecule has 0 spiro atoms. The van der Waals surface area contributed by atoms with E-state index in [4.69, 9.17) is 0 Å². The molecule has 20 heavy (non-hydrogen) atoms. The van der Waals surface area contributed by atoms with Crippen molar-refractivity contribution in [3.05, 3.63) is 35.5 Å². The summed E-state index contributed by atoms with van der Waals surface area (Å²) in [5.41, 5.74) is 1.27. The van der Waals surface area contributed by atoms with Crippen LogP contribution in [0.25, 0.3) is 0 Å². The smallest absolute Gasteiger partial charge is 0.281 e. The maximum atomic E-state index is 12.3. The molecule has 8 heteroatoms. The van der Waals surface area contributed by atoms with Gasteiger partial charge < -0.3 is 5.11 Å². The molecule has 0 radical (unpaired) electrons. The van der Waals surface area contributed by atoms with Crippen LogP contribution in [0.5, 0.6) is 0 Å². The monoisotopic (exact) mass is 313 g/mol. The van der Waals surface area contributed by atoms with Crippen molar-refractivity contribution < 1.29 is 13.5 Å². The highest BCUT2D eigenvalue weighted by molar-refractivity contribution is 7.98. The van der Waals surface area contributed by atoms with Crippen LogP contribution >= 0.6 is 11.8 Å². The summed E-state index contributed by atoms with van der Waals surface area (Å²) in [7, 11) is -3.82. The Morgan fingerprint density at radius 3 is 2.85 bits per heavy atom. The third-order valence-electron chi connectivity index (χ3n) is 2.77. The number of hydrogen-bond donors (Lipinski definition) is 3. The Morgan fingerprint density at radius 2 is 2.20 bits per heavy atom. The first-order valence-corrected chi connectivity index (χ1v) is 8.50. The molecule has 2 rings (SSSR count). The lowest BCUT2D eigenvalue weighted by Gasteiger charge is -2.08. The zero-order chi connectivity index (χ0) is 14.8. The summed E-state index contributed by atoms with van der Waals surface area (Å²) in [6.45, 7) is 1.27. The molecular formula is C12H15N3O3S2. The lowest BCUT2D eigenvalue weighted by atomic mass is 10.3. The van der Waals surface area contributed by atoms with Crippen LogP contribution in [0.2, 0.25) is 0 Å². The fourth-order valence-corrected chi connectivity index (χ4v) is 3.43. The maximum absolute atomic E-state index is 12.3. The number of aryl methyl sites for hydroxylation is 1. The molecule has 0 atom stereocenters. The molecule has 3 N–H and O–H groups in total. The van der Waals surface area contributed by atoms with Gasteiger partial charge in [0.05, 0.1) is 6.61 Å². The molecule has 0 saturated heterocycles. The second-order valence-corrected chi connectivity index (χ2v) is 6.61. The molecule has 6 nitrogen and oxygen atoms in total. The zero-order valence-corrected chi connectivity index (χ0v) is 12.7. The number of benzene rings is 1. The minimum absolute atomic E-state index is 0.174. The van der Waals surface area contributed by atoms with E-state index in [9.17, 15) is 13.5 Å². The number of rotatable bonds is 5. The molecule has 0 unspecified atom stereocenters. The molecule has 0 amide bonds. The normalized spacial score (nSPS) is 11.6. The van der Waals surface area contributed by atoms with Crippen molar-refractivity contribution in [3.63, 3.8) is 0 Å². The first-order valence-electron chi connectivity index (χ1n) is 5.79. The van der Waals surface area contributed by atoms with Crippen molar-refractivity contribution in [2.75, 3.05) is 11.0 Å². The van der Waals surface area contributed by atoms with E-state index in [1.807, 2.05) is 12.3 Å². The number of aromatic nitrogens is 2. The van der Waals surface area contributed by atoms with Crippen LogP contribution in [0.1, 0.15) is 11.3 Å². The molecule has 0 bridgehead atoms. The largest absolute Gasteiger partial charge is 0.392 e. The Morgan fingerprint density at radius 1 is 1.45 bits per heavy atom. The second-order valence-electron chi connectivity index (χ2n) is 4.13. The van der Waals surface area contributed by atoms with Crippen molar-refractivity contribution in [1.29, 1.82) is 0 Å². The van der Waals surface area contributed by atoms with Gasteiger partial charge >= 0.3 is 0 Å². The summed E-state index contributed by atoms with van der Waals surface area (Å²) in [6.07, 6.45) is 1.91. The minimum Gasteiger partial charge on any atom is -0.392 e. The summed E-state index contributed by atoms with van der Waals surface area (Å²) in [4.78, 5) is 0.950. The topological polar surface area (TPSA) is 95.1 Å². The van der Waals surface area contributed by atoms with E-state index in [0.717, 1.165) is 4.90 Å². The van der Waals surface area contributed by atoms with Crippen LogP contribution in [-0.4, -0.2) is 30.0 Å². The fourth-order valence-electron chi connectivity index (χ4n) is 1.73. The number of nitrogens with one attached hydrogen (secondary N) is 2. The number of sulfonamides is 1. The van der Waals surface area contributed by atoms with Gasteiger partial charge in [-0.2, -0.15) is 13.5 Å². The maximum Gasteiger partial charge on any atom is 0.281 e. The Labute approximate surface area is 121 Å². The number of aromatic amines is 1. The molecule has 1 heterocycles. The first kappa shape index (κ1) is 14.9. The van der Waals surface area contributed by atoms with Crippen molar-refractivity contribution in [2.45, 2.75) is 23.5 Å². The van der Waals surface area contributed by atoms with Crippen molar-refractivity contribution >= 4 is 27.5 Å². The van der Waals surface area contributed by atoms with Gasteiger partial charge in [-0.15, -0.1) is 11.8 Å². The van der Waals surface area contributed by atoms with Gasteiger partial charge in [0.1, 0.15) is 0 Å². The van der Waals surface area contributed by atoms with Gasteiger partial charge in [-0.05, 0) is 31.4 Å². The van der Waals surface area contributed by atoms with Crippen LogP contribution in [0.15, 0.2) is 34.2 Å². The summed E-state index contributed by atoms with van der Waals surface area (Å²) in [6, 6.07) is 7.06. The van der Waals surface area contributed by atoms with E-state index < -0.39 is 10.0 Å². The van der Waals surface area contributed by atoms with E-state index in [1.165, 1.54) is 11.8 Å². The Bertz CT molecular complexity index is 710. The van der Waals surface area contributed by atoms with Crippen LogP contribution in [0.3, 0.4) is 0 Å². The molecule has 0 aliphatic heterocycles. The number of aliphatic hydroxyl groups excluding tert-OH is 1. The lowest BCUT2D eigenvalue weighted by molar-refractivity contribution is 0.277. The molecule has 2 aromatic rings. The average Bonchev–Trinajstić information content (AvgIpc) is 2.80. The summed E-state index contributed by atoms with van der Waals surface area (Å²) in [5, 5.41) is 15.4. The highest BCUT2D eigenvalue weighted by Crippen LogP contribution is 2.23.